The summed E-state index contributed by atoms with van der Waals surface area (Å²) in [5.41, 5.74) is 0.185. The summed E-state index contributed by atoms with van der Waals surface area (Å²) in [7, 11) is 3.15. The summed E-state index contributed by atoms with van der Waals surface area (Å²) < 4.78 is 16.0. The van der Waals surface area contributed by atoms with Crippen LogP contribution >= 0.6 is 0 Å². The maximum Gasteiger partial charge on any atom is 0.334 e. The Morgan fingerprint density at radius 1 is 1.33 bits per heavy atom. The lowest BCUT2D eigenvalue weighted by Crippen LogP contribution is -2.51. The van der Waals surface area contributed by atoms with Crippen molar-refractivity contribution in [3.05, 3.63) is 23.8 Å². The van der Waals surface area contributed by atoms with E-state index in [9.17, 15) is 9.59 Å². The third-order valence-electron chi connectivity index (χ3n) is 8.32. The first-order valence-corrected chi connectivity index (χ1v) is 10.0. The van der Waals surface area contributed by atoms with Crippen molar-refractivity contribution in [3.8, 4) is 0 Å². The Hall–Kier alpha value is -1.62. The van der Waals surface area contributed by atoms with Crippen molar-refractivity contribution in [2.24, 2.45) is 28.1 Å². The molecule has 0 amide bonds. The van der Waals surface area contributed by atoms with Crippen LogP contribution in [0.25, 0.3) is 0 Å². The number of esters is 2. The number of allylic oxidation sites excluding steroid dienone is 1. The molecule has 0 aromatic heterocycles. The van der Waals surface area contributed by atoms with Crippen LogP contribution in [-0.2, 0) is 23.8 Å². The van der Waals surface area contributed by atoms with Gasteiger partial charge in [-0.15, -0.1) is 0 Å². The molecular formula is C22H30O5. The lowest BCUT2D eigenvalue weighted by molar-refractivity contribution is -0.158. The van der Waals surface area contributed by atoms with Crippen molar-refractivity contribution in [2.45, 2.75) is 52.1 Å². The summed E-state index contributed by atoms with van der Waals surface area (Å²) in [5, 5.41) is 0. The zero-order valence-corrected chi connectivity index (χ0v) is 16.7. The lowest BCUT2D eigenvalue weighted by atomic mass is 9.51. The average molecular weight is 374 g/mol. The Morgan fingerprint density at radius 2 is 2.11 bits per heavy atom. The van der Waals surface area contributed by atoms with E-state index in [2.05, 4.69) is 26.0 Å². The molecule has 0 unspecified atom stereocenters. The molecule has 0 aromatic rings. The summed E-state index contributed by atoms with van der Waals surface area (Å²) in [6, 6.07) is 0. The number of cyclic esters (lactones) is 1. The predicted octanol–water partition coefficient (Wildman–Crippen LogP) is 3.44. The van der Waals surface area contributed by atoms with Gasteiger partial charge in [-0.1, -0.05) is 26.0 Å². The van der Waals surface area contributed by atoms with Gasteiger partial charge in [-0.25, -0.2) is 4.79 Å². The zero-order chi connectivity index (χ0) is 19.4. The molecule has 148 valence electrons. The van der Waals surface area contributed by atoms with Crippen LogP contribution in [0.5, 0.6) is 0 Å². The third kappa shape index (κ3) is 2.33. The predicted molar refractivity (Wildman–Crippen MR) is 99.7 cm³/mol. The van der Waals surface area contributed by atoms with Gasteiger partial charge in [0.15, 0.2) is 0 Å². The van der Waals surface area contributed by atoms with Gasteiger partial charge in [-0.3, -0.25) is 4.79 Å². The first-order valence-electron chi connectivity index (χ1n) is 10.0. The Kier molecular flexibility index (Phi) is 4.30. The highest BCUT2D eigenvalue weighted by Gasteiger charge is 2.81. The van der Waals surface area contributed by atoms with Crippen LogP contribution in [0.4, 0.5) is 0 Å². The Balaban J connectivity index is 1.66. The first kappa shape index (κ1) is 18.7. The van der Waals surface area contributed by atoms with Gasteiger partial charge >= 0.3 is 11.9 Å². The van der Waals surface area contributed by atoms with Crippen LogP contribution in [0.3, 0.4) is 0 Å². The highest BCUT2D eigenvalue weighted by Crippen LogP contribution is 2.80. The van der Waals surface area contributed by atoms with Gasteiger partial charge in [0.1, 0.15) is 12.0 Å². The van der Waals surface area contributed by atoms with Crippen LogP contribution in [0.1, 0.15) is 46.0 Å². The maximum atomic E-state index is 12.8. The zero-order valence-electron chi connectivity index (χ0n) is 16.7. The van der Waals surface area contributed by atoms with Crippen LogP contribution in [0.2, 0.25) is 0 Å². The number of hydrogen-bond acceptors (Lipinski definition) is 5. The van der Waals surface area contributed by atoms with E-state index >= 15 is 0 Å². The van der Waals surface area contributed by atoms with Gasteiger partial charge in [0, 0.05) is 12.7 Å². The Labute approximate surface area is 161 Å². The molecule has 5 nitrogen and oxygen atoms in total. The molecule has 0 saturated heterocycles. The van der Waals surface area contributed by atoms with Crippen LogP contribution in [0.15, 0.2) is 23.8 Å². The number of methoxy groups -OCH3 is 2. The topological polar surface area (TPSA) is 61.8 Å². The summed E-state index contributed by atoms with van der Waals surface area (Å²) in [6.45, 7) is 5.04. The molecule has 5 heteroatoms. The second-order valence-corrected chi connectivity index (χ2v) is 9.09. The fourth-order valence-corrected chi connectivity index (χ4v) is 6.47. The minimum absolute atomic E-state index is 0.0208. The van der Waals surface area contributed by atoms with Crippen molar-refractivity contribution in [3.63, 3.8) is 0 Å². The second kappa shape index (κ2) is 6.20. The minimum atomic E-state index is -0.553. The molecule has 0 bridgehead atoms. The SMILES string of the molecule is COC(=O)[C@]12C[C@]13CC[C@@H](C)[C@](C)(CCC1=CCOC1=O)[C@H]3C=C[C@H]2OC. The third-order valence-corrected chi connectivity index (χ3v) is 8.32. The monoisotopic (exact) mass is 374 g/mol. The van der Waals surface area contributed by atoms with Gasteiger partial charge in [0.05, 0.1) is 13.2 Å². The van der Waals surface area contributed by atoms with Crippen LogP contribution in [0, 0.1) is 28.1 Å². The van der Waals surface area contributed by atoms with E-state index in [0.29, 0.717) is 12.5 Å². The smallest absolute Gasteiger partial charge is 0.334 e. The fourth-order valence-electron chi connectivity index (χ4n) is 6.47. The van der Waals surface area contributed by atoms with Crippen LogP contribution < -0.4 is 0 Å². The van der Waals surface area contributed by atoms with Crippen molar-refractivity contribution in [1.29, 1.82) is 0 Å². The van der Waals surface area contributed by atoms with Crippen molar-refractivity contribution < 1.29 is 23.8 Å². The molecule has 27 heavy (non-hydrogen) atoms. The Morgan fingerprint density at radius 3 is 2.74 bits per heavy atom. The molecule has 0 aromatic carbocycles. The largest absolute Gasteiger partial charge is 0.468 e. The maximum absolute atomic E-state index is 12.8. The first-order chi connectivity index (χ1) is 12.9. The second-order valence-electron chi connectivity index (χ2n) is 9.09. The van der Waals surface area contributed by atoms with Crippen molar-refractivity contribution >= 4 is 11.9 Å². The molecular weight excluding hydrogens is 344 g/mol. The van der Waals surface area contributed by atoms with E-state index < -0.39 is 5.41 Å². The molecule has 6 atom stereocenters. The molecule has 1 spiro atoms. The standard InChI is InChI=1S/C22H30O5/c1-14-7-11-21-13-22(21,19(24)26-4)17(25-3)6-5-16(21)20(14,2)10-8-15-9-12-27-18(15)23/h5-6,9,14,16-17H,7-8,10-13H2,1-4H3/t14-,16-,17-,20+,21+,22-/m1/s1. The van der Waals surface area contributed by atoms with Gasteiger partial charge in [-0.2, -0.15) is 0 Å². The molecule has 4 rings (SSSR count). The van der Waals surface area contributed by atoms with E-state index in [1.165, 1.54) is 7.11 Å². The minimum Gasteiger partial charge on any atom is -0.468 e. The van der Waals surface area contributed by atoms with Crippen molar-refractivity contribution in [2.75, 3.05) is 20.8 Å². The van der Waals surface area contributed by atoms with E-state index in [1.807, 2.05) is 6.08 Å². The molecule has 1 heterocycles. The summed E-state index contributed by atoms with van der Waals surface area (Å²) in [4.78, 5) is 24.7. The molecule has 2 saturated carbocycles. The number of carbonyl (C=O) groups is 2. The molecule has 2 fully saturated rings. The molecule has 0 radical (unpaired) electrons. The molecule has 3 aliphatic carbocycles. The van der Waals surface area contributed by atoms with E-state index in [4.69, 9.17) is 14.2 Å². The highest BCUT2D eigenvalue weighted by molar-refractivity contribution is 5.90. The summed E-state index contributed by atoms with van der Waals surface area (Å²) in [6.07, 6.45) is 10.6. The summed E-state index contributed by atoms with van der Waals surface area (Å²) in [5.74, 6) is 0.497. The normalized spacial score (nSPS) is 44.8. The lowest BCUT2D eigenvalue weighted by Gasteiger charge is -2.53. The number of rotatable bonds is 5. The molecule has 4 aliphatic rings. The van der Waals surface area contributed by atoms with Gasteiger partial charge in [0.25, 0.3) is 0 Å². The number of carbonyl (C=O) groups excluding carboxylic acids is 2. The van der Waals surface area contributed by atoms with Gasteiger partial charge in [-0.05, 0) is 60.8 Å². The van der Waals surface area contributed by atoms with Gasteiger partial charge < -0.3 is 14.2 Å². The van der Waals surface area contributed by atoms with Crippen molar-refractivity contribution in [1.82, 2.24) is 0 Å². The molecule has 0 N–H and O–H groups in total. The Bertz CT molecular complexity index is 724. The number of hydrogen-bond donors (Lipinski definition) is 0. The fraction of sp³-hybridized carbons (Fsp3) is 0.727. The average Bonchev–Trinajstić information content (AvgIpc) is 3.20. The van der Waals surface area contributed by atoms with Gasteiger partial charge in [0.2, 0.25) is 0 Å². The molecule has 1 aliphatic heterocycles. The highest BCUT2D eigenvalue weighted by atomic mass is 16.5. The summed E-state index contributed by atoms with van der Waals surface area (Å²) >= 11 is 0. The van der Waals surface area contributed by atoms with E-state index in [-0.39, 0.29) is 34.8 Å². The van der Waals surface area contributed by atoms with E-state index in [1.54, 1.807) is 7.11 Å². The van der Waals surface area contributed by atoms with Crippen LogP contribution in [-0.4, -0.2) is 38.9 Å². The quantitative estimate of drug-likeness (QED) is 0.545. The number of ether oxygens (including phenoxy) is 3. The van der Waals surface area contributed by atoms with E-state index in [0.717, 1.165) is 37.7 Å².